The largest absolute Gasteiger partial charge is 1.00 e. The van der Waals surface area contributed by atoms with Crippen LogP contribution in [0.25, 0.3) is 0 Å². The van der Waals surface area contributed by atoms with Gasteiger partial charge in [-0.2, -0.15) is 0 Å². The third-order valence-corrected chi connectivity index (χ3v) is 6.40. The fraction of sp³-hybridized carbons (Fsp3) is 1.00. The molecule has 0 amide bonds. The standard InChI is InChI=1S/C24H52NO.BrH/c1-4-7-8-9-10-11-12-13-14-15-16-17-18-19-20-21-22-25(5-2,6-3)23-24-26;/h26H,4-24H2,1-3H3;1H/q+1;/p-1. The van der Waals surface area contributed by atoms with Gasteiger partial charge in [-0.05, 0) is 26.7 Å². The van der Waals surface area contributed by atoms with Crippen LogP contribution in [0.15, 0.2) is 0 Å². The lowest BCUT2D eigenvalue weighted by Gasteiger charge is -2.36. The lowest BCUT2D eigenvalue weighted by Crippen LogP contribution is -3.00. The second kappa shape index (κ2) is 22.7. The summed E-state index contributed by atoms with van der Waals surface area (Å²) in [6, 6.07) is 0. The third kappa shape index (κ3) is 18.2. The van der Waals surface area contributed by atoms with Crippen LogP contribution in [0.3, 0.4) is 0 Å². The summed E-state index contributed by atoms with van der Waals surface area (Å²) in [7, 11) is 0. The number of hydrogen-bond acceptors (Lipinski definition) is 1. The van der Waals surface area contributed by atoms with Crippen molar-refractivity contribution in [2.24, 2.45) is 0 Å². The summed E-state index contributed by atoms with van der Waals surface area (Å²) in [5.41, 5.74) is 0. The van der Waals surface area contributed by atoms with E-state index >= 15 is 0 Å². The van der Waals surface area contributed by atoms with Gasteiger partial charge < -0.3 is 26.6 Å². The van der Waals surface area contributed by atoms with Crippen molar-refractivity contribution in [1.29, 1.82) is 0 Å². The number of aliphatic hydroxyl groups is 1. The SMILES string of the molecule is CCCCCCCCCCCCCCCCCC[N+](CC)(CC)CCO.[Br-]. The quantitative estimate of drug-likeness (QED) is 0.206. The van der Waals surface area contributed by atoms with E-state index in [4.69, 9.17) is 0 Å². The normalized spacial score (nSPS) is 11.6. The summed E-state index contributed by atoms with van der Waals surface area (Å²) in [5, 5.41) is 9.28. The molecule has 166 valence electrons. The first kappa shape index (κ1) is 29.6. The van der Waals surface area contributed by atoms with Crippen molar-refractivity contribution in [2.75, 3.05) is 32.8 Å². The van der Waals surface area contributed by atoms with Gasteiger partial charge in [0.05, 0.1) is 26.2 Å². The molecular weight excluding hydrogens is 398 g/mol. The molecule has 0 aliphatic heterocycles. The molecule has 0 aromatic rings. The Morgan fingerprint density at radius 2 is 0.815 bits per heavy atom. The van der Waals surface area contributed by atoms with E-state index in [1.54, 1.807) is 0 Å². The number of unbranched alkanes of at least 4 members (excludes halogenated alkanes) is 15. The van der Waals surface area contributed by atoms with Crippen molar-refractivity contribution in [3.05, 3.63) is 0 Å². The van der Waals surface area contributed by atoms with E-state index < -0.39 is 0 Å². The Bertz CT molecular complexity index is 269. The highest BCUT2D eigenvalue weighted by molar-refractivity contribution is 4.50. The minimum Gasteiger partial charge on any atom is -1.00 e. The smallest absolute Gasteiger partial charge is 0.102 e. The predicted octanol–water partition coefficient (Wildman–Crippen LogP) is 4.10. The lowest BCUT2D eigenvalue weighted by molar-refractivity contribution is -0.925. The van der Waals surface area contributed by atoms with Gasteiger partial charge in [-0.3, -0.25) is 0 Å². The van der Waals surface area contributed by atoms with E-state index in [1.807, 2.05) is 0 Å². The van der Waals surface area contributed by atoms with Crippen LogP contribution in [-0.2, 0) is 0 Å². The number of quaternary nitrogens is 1. The van der Waals surface area contributed by atoms with Gasteiger partial charge in [0.2, 0.25) is 0 Å². The second-order valence-corrected chi connectivity index (χ2v) is 8.45. The molecule has 0 bridgehead atoms. The van der Waals surface area contributed by atoms with Crippen LogP contribution < -0.4 is 17.0 Å². The molecule has 2 nitrogen and oxygen atoms in total. The Balaban J connectivity index is 0. The first-order valence-electron chi connectivity index (χ1n) is 12.2. The molecule has 0 fully saturated rings. The number of hydrogen-bond donors (Lipinski definition) is 1. The molecule has 0 atom stereocenters. The number of nitrogens with zero attached hydrogens (tertiary/aromatic N) is 1. The highest BCUT2D eigenvalue weighted by Crippen LogP contribution is 2.15. The highest BCUT2D eigenvalue weighted by Gasteiger charge is 2.21. The van der Waals surface area contributed by atoms with Crippen molar-refractivity contribution in [3.63, 3.8) is 0 Å². The van der Waals surface area contributed by atoms with Gasteiger partial charge in [-0.25, -0.2) is 0 Å². The van der Waals surface area contributed by atoms with Crippen LogP contribution in [0.5, 0.6) is 0 Å². The topological polar surface area (TPSA) is 20.2 Å². The van der Waals surface area contributed by atoms with E-state index in [9.17, 15) is 5.11 Å². The Morgan fingerprint density at radius 1 is 0.481 bits per heavy atom. The molecule has 0 saturated heterocycles. The first-order valence-corrected chi connectivity index (χ1v) is 12.2. The van der Waals surface area contributed by atoms with Crippen molar-refractivity contribution in [1.82, 2.24) is 0 Å². The molecule has 0 spiro atoms. The van der Waals surface area contributed by atoms with Crippen LogP contribution in [-0.4, -0.2) is 42.4 Å². The van der Waals surface area contributed by atoms with Gasteiger partial charge in [-0.15, -0.1) is 0 Å². The minimum atomic E-state index is 0. The Kier molecular flexibility index (Phi) is 24.9. The van der Waals surface area contributed by atoms with Gasteiger partial charge in [0, 0.05) is 0 Å². The average molecular weight is 451 g/mol. The lowest BCUT2D eigenvalue weighted by atomic mass is 10.0. The van der Waals surface area contributed by atoms with Crippen LogP contribution in [0.4, 0.5) is 0 Å². The fourth-order valence-corrected chi connectivity index (χ4v) is 4.18. The highest BCUT2D eigenvalue weighted by atomic mass is 79.9. The van der Waals surface area contributed by atoms with Crippen molar-refractivity contribution >= 4 is 0 Å². The molecule has 1 N–H and O–H groups in total. The number of halogens is 1. The molecule has 0 aliphatic rings. The fourth-order valence-electron chi connectivity index (χ4n) is 4.18. The van der Waals surface area contributed by atoms with E-state index in [-0.39, 0.29) is 17.0 Å². The maximum absolute atomic E-state index is 9.28. The molecule has 0 aromatic carbocycles. The third-order valence-electron chi connectivity index (χ3n) is 6.40. The zero-order chi connectivity index (χ0) is 19.3. The van der Waals surface area contributed by atoms with Gasteiger partial charge in [0.1, 0.15) is 6.54 Å². The molecule has 0 heterocycles. The molecule has 0 radical (unpaired) electrons. The van der Waals surface area contributed by atoms with Crippen LogP contribution in [0, 0.1) is 0 Å². The molecule has 0 aromatic heterocycles. The van der Waals surface area contributed by atoms with Crippen molar-refractivity contribution < 1.29 is 26.6 Å². The van der Waals surface area contributed by atoms with E-state index in [2.05, 4.69) is 20.8 Å². The molecule has 27 heavy (non-hydrogen) atoms. The molecule has 0 rings (SSSR count). The summed E-state index contributed by atoms with van der Waals surface area (Å²) >= 11 is 0. The first-order chi connectivity index (χ1) is 12.7. The van der Waals surface area contributed by atoms with Gasteiger partial charge in [0.25, 0.3) is 0 Å². The van der Waals surface area contributed by atoms with Gasteiger partial charge in [0.15, 0.2) is 0 Å². The summed E-state index contributed by atoms with van der Waals surface area (Å²) in [5.74, 6) is 0. The Hall–Kier alpha value is 0.400. The molecule has 0 unspecified atom stereocenters. The molecular formula is C24H52BrNO. The van der Waals surface area contributed by atoms with E-state index in [1.165, 1.54) is 109 Å². The summed E-state index contributed by atoms with van der Waals surface area (Å²) < 4.78 is 1.11. The maximum Gasteiger partial charge on any atom is 0.102 e. The number of rotatable bonds is 21. The van der Waals surface area contributed by atoms with Gasteiger partial charge >= 0.3 is 0 Å². The maximum atomic E-state index is 9.28. The van der Waals surface area contributed by atoms with Crippen LogP contribution >= 0.6 is 0 Å². The van der Waals surface area contributed by atoms with Crippen LogP contribution in [0.2, 0.25) is 0 Å². The zero-order valence-electron chi connectivity index (χ0n) is 19.1. The molecule has 3 heteroatoms. The monoisotopic (exact) mass is 449 g/mol. The number of likely N-dealkylation sites (N-methyl/N-ethyl adjacent to an activating group) is 1. The Morgan fingerprint density at radius 3 is 1.11 bits per heavy atom. The minimum absolute atomic E-state index is 0. The van der Waals surface area contributed by atoms with E-state index in [0.717, 1.165) is 24.1 Å². The van der Waals surface area contributed by atoms with Crippen LogP contribution in [0.1, 0.15) is 124 Å². The predicted molar refractivity (Wildman–Crippen MR) is 118 cm³/mol. The number of aliphatic hydroxyl groups excluding tert-OH is 1. The van der Waals surface area contributed by atoms with Crippen molar-refractivity contribution in [3.8, 4) is 0 Å². The summed E-state index contributed by atoms with van der Waals surface area (Å²) in [6.45, 7) is 11.7. The molecule has 0 saturated carbocycles. The summed E-state index contributed by atoms with van der Waals surface area (Å²) in [6.07, 6.45) is 22.9. The van der Waals surface area contributed by atoms with Gasteiger partial charge in [-0.1, -0.05) is 96.8 Å². The summed E-state index contributed by atoms with van der Waals surface area (Å²) in [4.78, 5) is 0. The van der Waals surface area contributed by atoms with E-state index in [0.29, 0.717) is 6.61 Å². The zero-order valence-corrected chi connectivity index (χ0v) is 20.7. The van der Waals surface area contributed by atoms with Crippen molar-refractivity contribution in [2.45, 2.75) is 124 Å². The second-order valence-electron chi connectivity index (χ2n) is 8.45. The molecule has 0 aliphatic carbocycles. The Labute approximate surface area is 182 Å². The average Bonchev–Trinajstić information content (AvgIpc) is 2.66.